The Labute approximate surface area is 311 Å². The lowest BCUT2D eigenvalue weighted by atomic mass is 9.89. The summed E-state index contributed by atoms with van der Waals surface area (Å²) in [6.07, 6.45) is 0.0303. The first kappa shape index (κ1) is 42.5. The summed E-state index contributed by atoms with van der Waals surface area (Å²) in [5.41, 5.74) is 13.2. The Morgan fingerprint density at radius 2 is 0.480 bits per heavy atom. The van der Waals surface area contributed by atoms with Gasteiger partial charge >= 0.3 is 0 Å². The summed E-state index contributed by atoms with van der Waals surface area (Å²) in [5.74, 6) is 3.40. The zero-order chi connectivity index (χ0) is 38.2. The van der Waals surface area contributed by atoms with Crippen LogP contribution < -0.4 is 15.9 Å². The number of hydrogen-bond donors (Lipinski definition) is 0. The van der Waals surface area contributed by atoms with Crippen LogP contribution in [-0.2, 0) is 4.52 Å². The third-order valence-corrected chi connectivity index (χ3v) is 14.8. The first-order valence-electron chi connectivity index (χ1n) is 20.2. The molecule has 0 atom stereocenters. The van der Waals surface area contributed by atoms with Crippen molar-refractivity contribution in [2.45, 2.75) is 198 Å². The molecule has 0 unspecified atom stereocenters. The van der Waals surface area contributed by atoms with Crippen LogP contribution in [0.3, 0.4) is 0 Å². The Morgan fingerprint density at radius 3 is 0.600 bits per heavy atom. The Kier molecular flexibility index (Phi) is 14.3. The average molecular weight is 700 g/mol. The maximum atomic E-state index is 8.15. The van der Waals surface area contributed by atoms with Crippen molar-refractivity contribution in [3.8, 4) is 0 Å². The van der Waals surface area contributed by atoms with Crippen LogP contribution in [0.15, 0.2) is 36.4 Å². The highest BCUT2D eigenvalue weighted by Crippen LogP contribution is 2.64. The molecule has 0 saturated heterocycles. The van der Waals surface area contributed by atoms with E-state index in [4.69, 9.17) is 4.52 Å². The lowest BCUT2D eigenvalue weighted by molar-refractivity contribution is 0.272. The second kappa shape index (κ2) is 16.8. The molecule has 0 aliphatic heterocycles. The van der Waals surface area contributed by atoms with Gasteiger partial charge in [-0.3, -0.25) is 0 Å². The molecule has 2 heteroatoms. The van der Waals surface area contributed by atoms with Crippen LogP contribution >= 0.6 is 7.49 Å². The molecule has 0 spiro atoms. The molecule has 1 nitrogen and oxygen atoms in total. The molecular formula is C48H76OP+. The third kappa shape index (κ3) is 8.47. The maximum Gasteiger partial charge on any atom is 0.244 e. The monoisotopic (exact) mass is 700 g/mol. The van der Waals surface area contributed by atoms with E-state index in [0.29, 0.717) is 53.3 Å². The Bertz CT molecular complexity index is 1330. The minimum absolute atomic E-state index is 0.0303. The van der Waals surface area contributed by atoms with Gasteiger partial charge in [0.25, 0.3) is 0 Å². The van der Waals surface area contributed by atoms with Gasteiger partial charge < -0.3 is 0 Å². The predicted octanol–water partition coefficient (Wildman–Crippen LogP) is 14.4. The summed E-state index contributed by atoms with van der Waals surface area (Å²) in [5, 5.41) is 4.51. The number of hydrogen-bond acceptors (Lipinski definition) is 1. The summed E-state index contributed by atoms with van der Waals surface area (Å²) in [4.78, 5) is 0. The van der Waals surface area contributed by atoms with E-state index in [0.717, 1.165) is 0 Å². The molecular weight excluding hydrogens is 624 g/mol. The summed E-state index contributed by atoms with van der Waals surface area (Å²) >= 11 is 0. The van der Waals surface area contributed by atoms with Gasteiger partial charge in [0, 0.05) is 33.4 Å². The van der Waals surface area contributed by atoms with Crippen LogP contribution in [-0.4, -0.2) is 6.10 Å². The van der Waals surface area contributed by atoms with Crippen molar-refractivity contribution in [1.29, 1.82) is 0 Å². The quantitative estimate of drug-likeness (QED) is 0.152. The van der Waals surface area contributed by atoms with E-state index in [1.807, 2.05) is 0 Å². The average Bonchev–Trinajstić information content (AvgIpc) is 3.01. The highest BCUT2D eigenvalue weighted by molar-refractivity contribution is 7.92. The second-order valence-electron chi connectivity index (χ2n) is 18.3. The lowest BCUT2D eigenvalue weighted by Gasteiger charge is -2.39. The smallest absolute Gasteiger partial charge is 0.219 e. The van der Waals surface area contributed by atoms with Crippen LogP contribution in [0.4, 0.5) is 0 Å². The Balaban J connectivity index is 3.06. The Hall–Kier alpha value is -1.95. The van der Waals surface area contributed by atoms with Crippen molar-refractivity contribution >= 4 is 23.4 Å². The molecule has 0 radical (unpaired) electrons. The van der Waals surface area contributed by atoms with Crippen LogP contribution in [0.1, 0.15) is 242 Å². The topological polar surface area (TPSA) is 9.23 Å². The molecule has 50 heavy (non-hydrogen) atoms. The van der Waals surface area contributed by atoms with Gasteiger partial charge in [-0.1, -0.05) is 161 Å². The van der Waals surface area contributed by atoms with E-state index in [2.05, 4.69) is 175 Å². The van der Waals surface area contributed by atoms with Crippen LogP contribution in [0.2, 0.25) is 0 Å². The van der Waals surface area contributed by atoms with E-state index in [9.17, 15) is 0 Å². The molecule has 0 heterocycles. The predicted molar refractivity (Wildman–Crippen MR) is 228 cm³/mol. The molecule has 0 bridgehead atoms. The van der Waals surface area contributed by atoms with E-state index in [1.54, 1.807) is 0 Å². The Morgan fingerprint density at radius 1 is 0.300 bits per heavy atom. The van der Waals surface area contributed by atoms with E-state index >= 15 is 0 Å². The first-order valence-corrected chi connectivity index (χ1v) is 21.9. The third-order valence-electron chi connectivity index (χ3n) is 10.6. The fraction of sp³-hybridized carbons (Fsp3) is 0.625. The molecule has 3 aromatic rings. The normalized spacial score (nSPS) is 13.1. The zero-order valence-corrected chi connectivity index (χ0v) is 37.0. The highest BCUT2D eigenvalue weighted by atomic mass is 31.2. The zero-order valence-electron chi connectivity index (χ0n) is 36.1. The SMILES string of the molecule is CC(C)O[P+](c1c(C(C)C)cc(C(C)C)cc1C(C)C)(c1c(C(C)C)cc(C(C)C)cc1C(C)C)c1c(C(C)C)cc(C(C)C)cc1C(C)C. The van der Waals surface area contributed by atoms with Gasteiger partial charge in [-0.15, -0.1) is 0 Å². The minimum Gasteiger partial charge on any atom is -0.219 e. The molecule has 3 rings (SSSR count). The maximum absolute atomic E-state index is 8.15. The van der Waals surface area contributed by atoms with Crippen LogP contribution in [0.5, 0.6) is 0 Å². The highest BCUT2D eigenvalue weighted by Gasteiger charge is 2.58. The van der Waals surface area contributed by atoms with Gasteiger partial charge in [0.05, 0.1) is 6.10 Å². The number of rotatable bonds is 14. The number of benzene rings is 3. The standard InChI is InChI=1S/C48H76OP/c1-27(2)37-21-40(30(7)8)46(41(22-37)31(9)10)50(49-36(19)20,47-42(32(11)12)23-38(28(3)4)24-43(47)33(13)14)48-44(34(15)16)25-39(29(5)6)26-45(48)35(17)18/h21-36H,1-20H3/q+1. The molecule has 0 aromatic heterocycles. The van der Waals surface area contributed by atoms with E-state index in [-0.39, 0.29) is 6.10 Å². The molecule has 0 aliphatic rings. The van der Waals surface area contributed by atoms with Gasteiger partial charge in [0.1, 0.15) is 15.9 Å². The van der Waals surface area contributed by atoms with Gasteiger partial charge in [-0.05, 0) is 83.8 Å². The van der Waals surface area contributed by atoms with Gasteiger partial charge in [0.2, 0.25) is 7.49 Å². The molecule has 278 valence electrons. The molecule has 0 amide bonds. The van der Waals surface area contributed by atoms with Crippen LogP contribution in [0, 0.1) is 0 Å². The first-order chi connectivity index (χ1) is 23.1. The molecule has 0 N–H and O–H groups in total. The van der Waals surface area contributed by atoms with E-state index < -0.39 is 7.49 Å². The van der Waals surface area contributed by atoms with Crippen molar-refractivity contribution in [3.63, 3.8) is 0 Å². The summed E-state index contributed by atoms with van der Waals surface area (Å²) in [6.45, 7) is 47.7. The van der Waals surface area contributed by atoms with Crippen molar-refractivity contribution in [2.75, 3.05) is 0 Å². The fourth-order valence-corrected chi connectivity index (χ4v) is 13.4. The van der Waals surface area contributed by atoms with Crippen LogP contribution in [0.25, 0.3) is 0 Å². The van der Waals surface area contributed by atoms with E-state index in [1.165, 1.54) is 66.0 Å². The van der Waals surface area contributed by atoms with Crippen molar-refractivity contribution in [2.24, 2.45) is 0 Å². The van der Waals surface area contributed by atoms with Crippen molar-refractivity contribution < 1.29 is 4.52 Å². The summed E-state index contributed by atoms with van der Waals surface area (Å²) in [7, 11) is -2.81. The fourth-order valence-electron chi connectivity index (χ4n) is 7.65. The summed E-state index contributed by atoms with van der Waals surface area (Å²) < 4.78 is 8.15. The molecule has 3 aromatic carbocycles. The summed E-state index contributed by atoms with van der Waals surface area (Å²) in [6, 6.07) is 15.5. The van der Waals surface area contributed by atoms with Crippen molar-refractivity contribution in [3.05, 3.63) is 86.5 Å². The van der Waals surface area contributed by atoms with Crippen molar-refractivity contribution in [1.82, 2.24) is 0 Å². The van der Waals surface area contributed by atoms with Gasteiger partial charge in [-0.25, -0.2) is 4.52 Å². The van der Waals surface area contributed by atoms with Gasteiger partial charge in [0.15, 0.2) is 0 Å². The lowest BCUT2D eigenvalue weighted by Crippen LogP contribution is -2.44. The largest absolute Gasteiger partial charge is 0.244 e. The second-order valence-corrected chi connectivity index (χ2v) is 21.1. The minimum atomic E-state index is -2.81. The molecule has 0 fully saturated rings. The molecule has 0 aliphatic carbocycles. The van der Waals surface area contributed by atoms with Gasteiger partial charge in [-0.2, -0.15) is 0 Å². The molecule has 0 saturated carbocycles.